The van der Waals surface area contributed by atoms with Gasteiger partial charge in [0.2, 0.25) is 0 Å². The van der Waals surface area contributed by atoms with Gasteiger partial charge in [-0.1, -0.05) is 30.4 Å². The fourth-order valence-corrected chi connectivity index (χ4v) is 5.71. The summed E-state index contributed by atoms with van der Waals surface area (Å²) in [5.41, 5.74) is 1.86. The van der Waals surface area contributed by atoms with Crippen LogP contribution in [0, 0.1) is 0 Å². The van der Waals surface area contributed by atoms with Crippen molar-refractivity contribution in [1.82, 2.24) is 9.80 Å². The summed E-state index contributed by atoms with van der Waals surface area (Å²) < 4.78 is 11.1. The van der Waals surface area contributed by atoms with Crippen LogP contribution in [-0.4, -0.2) is 72.2 Å². The Balaban J connectivity index is 1.20. The summed E-state index contributed by atoms with van der Waals surface area (Å²) in [6.07, 6.45) is 5.63. The van der Waals surface area contributed by atoms with Gasteiger partial charge < -0.3 is 19.2 Å². The first-order valence-electron chi connectivity index (χ1n) is 12.2. The van der Waals surface area contributed by atoms with Gasteiger partial charge in [-0.25, -0.2) is 0 Å². The Morgan fingerprint density at radius 3 is 2.54 bits per heavy atom. The molecule has 0 spiro atoms. The second kappa shape index (κ2) is 10.5. The van der Waals surface area contributed by atoms with Crippen molar-refractivity contribution in [1.29, 1.82) is 0 Å². The second-order valence-corrected chi connectivity index (χ2v) is 10.5. The third-order valence-corrected chi connectivity index (χ3v) is 7.98. The van der Waals surface area contributed by atoms with E-state index < -0.39 is 5.60 Å². The summed E-state index contributed by atoms with van der Waals surface area (Å²) in [4.78, 5) is 17.0. The van der Waals surface area contributed by atoms with Crippen LogP contribution in [0.4, 0.5) is 0 Å². The van der Waals surface area contributed by atoms with Gasteiger partial charge >= 0.3 is 0 Å². The molecule has 3 heterocycles. The molecule has 2 saturated heterocycles. The number of amides is 1. The maximum atomic E-state index is 12.8. The first-order chi connectivity index (χ1) is 17.0. The van der Waals surface area contributed by atoms with Crippen molar-refractivity contribution in [3.63, 3.8) is 0 Å². The molecule has 2 aliphatic rings. The van der Waals surface area contributed by atoms with Gasteiger partial charge in [0.15, 0.2) is 5.76 Å². The van der Waals surface area contributed by atoms with E-state index in [1.165, 1.54) is 0 Å². The molecule has 5 rings (SSSR count). The number of hydrogen-bond donors (Lipinski definition) is 1. The van der Waals surface area contributed by atoms with E-state index in [-0.39, 0.29) is 5.91 Å². The second-order valence-electron chi connectivity index (χ2n) is 9.28. The molecular formula is C28H32N2O4S. The minimum Gasteiger partial charge on any atom is -0.497 e. The van der Waals surface area contributed by atoms with E-state index in [4.69, 9.17) is 9.15 Å². The summed E-state index contributed by atoms with van der Waals surface area (Å²) in [7, 11) is 1.67. The van der Waals surface area contributed by atoms with E-state index >= 15 is 0 Å². The number of likely N-dealkylation sites (tertiary alicyclic amines) is 1. The van der Waals surface area contributed by atoms with Crippen LogP contribution in [0.1, 0.15) is 34.5 Å². The lowest BCUT2D eigenvalue weighted by Crippen LogP contribution is -2.42. The highest BCUT2D eigenvalue weighted by atomic mass is 32.2. The number of nitrogens with zero attached hydrogens (tertiary/aromatic N) is 2. The number of hydrogen-bond acceptors (Lipinski definition) is 6. The molecule has 0 saturated carbocycles. The van der Waals surface area contributed by atoms with Crippen molar-refractivity contribution in [2.24, 2.45) is 0 Å². The molecule has 2 aromatic carbocycles. The van der Waals surface area contributed by atoms with Crippen LogP contribution in [-0.2, 0) is 5.60 Å². The minimum atomic E-state index is -0.865. The monoisotopic (exact) mass is 492 g/mol. The van der Waals surface area contributed by atoms with Crippen LogP contribution in [0.25, 0.3) is 17.0 Å². The first kappa shape index (κ1) is 24.0. The average molecular weight is 493 g/mol. The van der Waals surface area contributed by atoms with Gasteiger partial charge in [0, 0.05) is 49.6 Å². The standard InChI is InChI=1S/C28H32N2O4S/c1-33-24-7-4-21(5-8-24)3-2-12-29-13-10-28(32,11-14-29)23-6-9-25-22(19-23)20-26(34-25)27(31)30-15-17-35-18-16-30/h2-9,19-20,32H,10-18H2,1H3. The lowest BCUT2D eigenvalue weighted by Gasteiger charge is -2.38. The maximum Gasteiger partial charge on any atom is 0.289 e. The van der Waals surface area contributed by atoms with Gasteiger partial charge in [0.25, 0.3) is 5.91 Å². The predicted molar refractivity (Wildman–Crippen MR) is 141 cm³/mol. The van der Waals surface area contributed by atoms with Gasteiger partial charge in [-0.2, -0.15) is 11.8 Å². The zero-order chi connectivity index (χ0) is 24.3. The molecule has 1 N–H and O–H groups in total. The molecule has 0 aliphatic carbocycles. The predicted octanol–water partition coefficient (Wildman–Crippen LogP) is 4.63. The van der Waals surface area contributed by atoms with Gasteiger partial charge in [0.05, 0.1) is 12.7 Å². The molecule has 35 heavy (non-hydrogen) atoms. The third-order valence-electron chi connectivity index (χ3n) is 7.04. The van der Waals surface area contributed by atoms with E-state index in [1.54, 1.807) is 7.11 Å². The van der Waals surface area contributed by atoms with Crippen LogP contribution in [0.5, 0.6) is 5.75 Å². The Morgan fingerprint density at radius 1 is 1.09 bits per heavy atom. The van der Waals surface area contributed by atoms with Crippen LogP contribution < -0.4 is 4.74 Å². The molecule has 184 valence electrons. The molecule has 0 unspecified atom stereocenters. The highest BCUT2D eigenvalue weighted by Gasteiger charge is 2.34. The SMILES string of the molecule is COc1ccc(C=CCN2CCC(O)(c3ccc4oc(C(=O)N5CCSCC5)cc4c3)CC2)cc1. The van der Waals surface area contributed by atoms with Crippen LogP contribution >= 0.6 is 11.8 Å². The molecular weight excluding hydrogens is 460 g/mol. The van der Waals surface area contributed by atoms with E-state index in [2.05, 4.69) is 17.1 Å². The highest BCUT2D eigenvalue weighted by molar-refractivity contribution is 7.99. The smallest absolute Gasteiger partial charge is 0.289 e. The lowest BCUT2D eigenvalue weighted by atomic mass is 9.84. The largest absolute Gasteiger partial charge is 0.497 e. The molecule has 2 fully saturated rings. The zero-order valence-corrected chi connectivity index (χ0v) is 20.9. The number of aliphatic hydroxyl groups is 1. The zero-order valence-electron chi connectivity index (χ0n) is 20.1. The number of methoxy groups -OCH3 is 1. The number of carbonyl (C=O) groups excluding carboxylic acids is 1. The van der Waals surface area contributed by atoms with Crippen molar-refractivity contribution in [2.75, 3.05) is 51.3 Å². The van der Waals surface area contributed by atoms with E-state index in [0.717, 1.165) is 66.5 Å². The fourth-order valence-electron chi connectivity index (χ4n) is 4.81. The summed E-state index contributed by atoms with van der Waals surface area (Å²) in [6, 6.07) is 15.6. The molecule has 3 aromatic rings. The van der Waals surface area contributed by atoms with E-state index in [1.807, 2.05) is 65.2 Å². The van der Waals surface area contributed by atoms with E-state index in [9.17, 15) is 9.90 Å². The number of furan rings is 1. The van der Waals surface area contributed by atoms with Crippen molar-refractivity contribution in [3.05, 3.63) is 71.5 Å². The van der Waals surface area contributed by atoms with Crippen molar-refractivity contribution < 1.29 is 19.1 Å². The number of piperidine rings is 1. The summed E-state index contributed by atoms with van der Waals surface area (Å²) in [5.74, 6) is 3.14. The highest BCUT2D eigenvalue weighted by Crippen LogP contribution is 2.35. The topological polar surface area (TPSA) is 66.2 Å². The van der Waals surface area contributed by atoms with Crippen molar-refractivity contribution >= 4 is 34.7 Å². The van der Waals surface area contributed by atoms with Gasteiger partial charge in [0.1, 0.15) is 11.3 Å². The summed E-state index contributed by atoms with van der Waals surface area (Å²) in [5, 5.41) is 12.3. The molecule has 0 bridgehead atoms. The van der Waals surface area contributed by atoms with Gasteiger partial charge in [-0.3, -0.25) is 9.69 Å². The Kier molecular flexibility index (Phi) is 7.18. The molecule has 7 heteroatoms. The summed E-state index contributed by atoms with van der Waals surface area (Å²) >= 11 is 1.87. The number of ether oxygens (including phenoxy) is 1. The number of thioether (sulfide) groups is 1. The van der Waals surface area contributed by atoms with Gasteiger partial charge in [-0.15, -0.1) is 0 Å². The Labute approximate surface area is 210 Å². The van der Waals surface area contributed by atoms with E-state index in [0.29, 0.717) is 24.2 Å². The molecule has 0 radical (unpaired) electrons. The maximum absolute atomic E-state index is 12.8. The van der Waals surface area contributed by atoms with Crippen LogP contribution in [0.3, 0.4) is 0 Å². The summed E-state index contributed by atoms with van der Waals surface area (Å²) in [6.45, 7) is 4.02. The molecule has 1 aromatic heterocycles. The molecule has 0 atom stereocenters. The molecule has 2 aliphatic heterocycles. The Bertz CT molecular complexity index is 1190. The quantitative estimate of drug-likeness (QED) is 0.541. The Morgan fingerprint density at radius 2 is 1.83 bits per heavy atom. The average Bonchev–Trinajstić information content (AvgIpc) is 3.34. The van der Waals surface area contributed by atoms with Crippen molar-refractivity contribution in [2.45, 2.75) is 18.4 Å². The lowest BCUT2D eigenvalue weighted by molar-refractivity contribution is -0.0232. The number of rotatable bonds is 6. The van der Waals surface area contributed by atoms with Crippen molar-refractivity contribution in [3.8, 4) is 5.75 Å². The Hall–Kier alpha value is -2.74. The van der Waals surface area contributed by atoms with Crippen LogP contribution in [0.15, 0.2) is 59.0 Å². The van der Waals surface area contributed by atoms with Crippen LogP contribution in [0.2, 0.25) is 0 Å². The number of carbonyl (C=O) groups is 1. The molecule has 6 nitrogen and oxygen atoms in total. The number of benzene rings is 2. The third kappa shape index (κ3) is 5.42. The first-order valence-corrected chi connectivity index (χ1v) is 13.4. The number of fused-ring (bicyclic) bond motifs is 1. The fraction of sp³-hybridized carbons (Fsp3) is 0.393. The normalized spacial score (nSPS) is 18.9. The van der Waals surface area contributed by atoms with Gasteiger partial charge in [-0.05, 0) is 54.3 Å². The molecule has 1 amide bonds. The minimum absolute atomic E-state index is 0.0437.